The molecule has 1 aliphatic heterocycles. The molecule has 0 bridgehead atoms. The van der Waals surface area contributed by atoms with Crippen molar-refractivity contribution in [3.05, 3.63) is 29.8 Å². The molecule has 1 heterocycles. The maximum absolute atomic E-state index is 8.97. The predicted molar refractivity (Wildman–Crippen MR) is 82.5 cm³/mol. The molecule has 1 unspecified atom stereocenters. The van der Waals surface area contributed by atoms with Crippen molar-refractivity contribution in [3.63, 3.8) is 0 Å². The molecule has 1 fully saturated rings. The van der Waals surface area contributed by atoms with E-state index in [1.54, 1.807) is 0 Å². The van der Waals surface area contributed by atoms with Gasteiger partial charge in [0.1, 0.15) is 0 Å². The average Bonchev–Trinajstić information content (AvgIpc) is 2.67. The van der Waals surface area contributed by atoms with Crippen LogP contribution in [0.15, 0.2) is 29.4 Å². The van der Waals surface area contributed by atoms with Crippen LogP contribution in [-0.4, -0.2) is 48.7 Å². The molecule has 0 amide bonds. The number of rotatable bonds is 3. The molecule has 1 aliphatic rings. The van der Waals surface area contributed by atoms with E-state index in [-0.39, 0.29) is 5.84 Å². The molecule has 5 nitrogen and oxygen atoms in total. The highest BCUT2D eigenvalue weighted by Crippen LogP contribution is 2.25. The molecule has 0 saturated carbocycles. The number of benzene rings is 1. The number of amidine groups is 1. The van der Waals surface area contributed by atoms with Crippen LogP contribution < -0.4 is 10.6 Å². The minimum Gasteiger partial charge on any atom is -0.409 e. The summed E-state index contributed by atoms with van der Waals surface area (Å²) in [6, 6.07) is 8.34. The van der Waals surface area contributed by atoms with Crippen molar-refractivity contribution in [2.45, 2.75) is 25.8 Å². The van der Waals surface area contributed by atoms with Gasteiger partial charge >= 0.3 is 0 Å². The van der Waals surface area contributed by atoms with Gasteiger partial charge in [-0.1, -0.05) is 24.2 Å². The Labute approximate surface area is 120 Å². The van der Waals surface area contributed by atoms with E-state index in [2.05, 4.69) is 35.0 Å². The Morgan fingerprint density at radius 2 is 2.15 bits per heavy atom. The summed E-state index contributed by atoms with van der Waals surface area (Å²) in [4.78, 5) is 4.77. The van der Waals surface area contributed by atoms with Gasteiger partial charge in [-0.2, -0.15) is 0 Å². The number of hydrogen-bond donors (Lipinski definition) is 2. The van der Waals surface area contributed by atoms with Crippen molar-refractivity contribution in [3.8, 4) is 0 Å². The summed E-state index contributed by atoms with van der Waals surface area (Å²) in [5.74, 6) is 0.174. The molecule has 3 N–H and O–H groups in total. The summed E-state index contributed by atoms with van der Waals surface area (Å²) in [5, 5.41) is 12.1. The summed E-state index contributed by atoms with van der Waals surface area (Å²) in [7, 11) is 2.17. The maximum Gasteiger partial charge on any atom is 0.172 e. The van der Waals surface area contributed by atoms with Crippen LogP contribution in [0.5, 0.6) is 0 Å². The Morgan fingerprint density at radius 1 is 1.40 bits per heavy atom. The van der Waals surface area contributed by atoms with Gasteiger partial charge < -0.3 is 20.7 Å². The van der Waals surface area contributed by atoms with E-state index in [0.29, 0.717) is 6.04 Å². The summed E-state index contributed by atoms with van der Waals surface area (Å²) in [5.41, 5.74) is 7.68. The lowest BCUT2D eigenvalue weighted by Crippen LogP contribution is -2.40. The third-order valence-corrected chi connectivity index (χ3v) is 3.97. The molecule has 0 aromatic heterocycles. The molecule has 1 saturated heterocycles. The predicted octanol–water partition coefficient (Wildman–Crippen LogP) is 1.70. The van der Waals surface area contributed by atoms with E-state index >= 15 is 0 Å². The van der Waals surface area contributed by atoms with E-state index in [1.807, 2.05) is 18.2 Å². The van der Waals surface area contributed by atoms with Crippen LogP contribution in [-0.2, 0) is 0 Å². The number of hydrogen-bond acceptors (Lipinski definition) is 4. The van der Waals surface area contributed by atoms with E-state index < -0.39 is 0 Å². The zero-order valence-corrected chi connectivity index (χ0v) is 12.3. The van der Waals surface area contributed by atoms with Gasteiger partial charge in [0.2, 0.25) is 0 Å². The summed E-state index contributed by atoms with van der Waals surface area (Å²) in [6.45, 7) is 5.36. The number of oxime groups is 1. The highest BCUT2D eigenvalue weighted by Gasteiger charge is 2.24. The minimum atomic E-state index is 0.174. The molecular weight excluding hydrogens is 252 g/mol. The quantitative estimate of drug-likeness (QED) is 0.382. The van der Waals surface area contributed by atoms with Crippen LogP contribution in [0, 0.1) is 0 Å². The number of nitrogens with zero attached hydrogens (tertiary/aromatic N) is 3. The molecular formula is C15H24N4O. The van der Waals surface area contributed by atoms with Gasteiger partial charge in [0.15, 0.2) is 5.84 Å². The monoisotopic (exact) mass is 276 g/mol. The first-order valence-electron chi connectivity index (χ1n) is 7.19. The molecule has 5 heteroatoms. The van der Waals surface area contributed by atoms with Gasteiger partial charge in [-0.05, 0) is 38.6 Å². The van der Waals surface area contributed by atoms with E-state index in [9.17, 15) is 0 Å². The van der Waals surface area contributed by atoms with Crippen molar-refractivity contribution in [2.75, 3.05) is 31.6 Å². The molecule has 0 aliphatic carbocycles. The van der Waals surface area contributed by atoms with Crippen molar-refractivity contribution < 1.29 is 5.21 Å². The number of para-hydroxylation sites is 1. The highest BCUT2D eigenvalue weighted by molar-refractivity contribution is 6.02. The Kier molecular flexibility index (Phi) is 4.84. The van der Waals surface area contributed by atoms with Crippen molar-refractivity contribution in [1.29, 1.82) is 0 Å². The average molecular weight is 276 g/mol. The van der Waals surface area contributed by atoms with Crippen LogP contribution in [0.3, 0.4) is 0 Å². The Hall–Kier alpha value is -1.75. The SMILES string of the molecule is CCC1CN(C)CCCN1c1ccccc1/C(N)=N/O. The summed E-state index contributed by atoms with van der Waals surface area (Å²) in [6.07, 6.45) is 2.20. The molecule has 1 atom stereocenters. The standard InChI is InChI=1S/C15H24N4O/c1-3-12-11-18(2)9-6-10-19(12)14-8-5-4-7-13(14)15(16)17-20/h4-5,7-8,12,20H,3,6,9-11H2,1-2H3,(H2,16,17). The second kappa shape index (κ2) is 6.61. The third kappa shape index (κ3) is 3.04. The first-order chi connectivity index (χ1) is 9.67. The fourth-order valence-electron chi connectivity index (χ4n) is 2.90. The van der Waals surface area contributed by atoms with Gasteiger partial charge in [0, 0.05) is 30.4 Å². The fourth-order valence-corrected chi connectivity index (χ4v) is 2.90. The lowest BCUT2D eigenvalue weighted by molar-refractivity contribution is 0.318. The maximum atomic E-state index is 8.97. The van der Waals surface area contributed by atoms with Gasteiger partial charge in [0.25, 0.3) is 0 Å². The van der Waals surface area contributed by atoms with Crippen LogP contribution in [0.25, 0.3) is 0 Å². The fraction of sp³-hybridized carbons (Fsp3) is 0.533. The van der Waals surface area contributed by atoms with Crippen LogP contribution in [0.4, 0.5) is 5.69 Å². The first kappa shape index (κ1) is 14.7. The highest BCUT2D eigenvalue weighted by atomic mass is 16.4. The zero-order valence-electron chi connectivity index (χ0n) is 12.3. The number of nitrogens with two attached hydrogens (primary N) is 1. The number of anilines is 1. The van der Waals surface area contributed by atoms with Crippen LogP contribution in [0.1, 0.15) is 25.3 Å². The third-order valence-electron chi connectivity index (χ3n) is 3.97. The van der Waals surface area contributed by atoms with Gasteiger partial charge in [-0.25, -0.2) is 0 Å². The molecule has 0 radical (unpaired) electrons. The van der Waals surface area contributed by atoms with Gasteiger partial charge in [0.05, 0.1) is 0 Å². The largest absolute Gasteiger partial charge is 0.409 e. The van der Waals surface area contributed by atoms with Crippen LogP contribution >= 0.6 is 0 Å². The lowest BCUT2D eigenvalue weighted by Gasteiger charge is -2.33. The van der Waals surface area contributed by atoms with Gasteiger partial charge in [-0.15, -0.1) is 0 Å². The Morgan fingerprint density at radius 3 is 2.85 bits per heavy atom. The van der Waals surface area contributed by atoms with E-state index in [0.717, 1.165) is 43.7 Å². The van der Waals surface area contributed by atoms with E-state index in [1.165, 1.54) is 0 Å². The molecule has 110 valence electrons. The van der Waals surface area contributed by atoms with Crippen molar-refractivity contribution >= 4 is 11.5 Å². The molecule has 20 heavy (non-hydrogen) atoms. The Bertz CT molecular complexity index is 475. The topological polar surface area (TPSA) is 65.1 Å². The molecule has 0 spiro atoms. The van der Waals surface area contributed by atoms with Crippen LogP contribution in [0.2, 0.25) is 0 Å². The smallest absolute Gasteiger partial charge is 0.172 e. The summed E-state index contributed by atoms with van der Waals surface area (Å²) >= 11 is 0. The zero-order chi connectivity index (χ0) is 14.5. The first-order valence-corrected chi connectivity index (χ1v) is 7.19. The Balaban J connectivity index is 2.38. The van der Waals surface area contributed by atoms with Gasteiger partial charge in [-0.3, -0.25) is 0 Å². The summed E-state index contributed by atoms with van der Waals surface area (Å²) < 4.78 is 0. The normalized spacial score (nSPS) is 21.8. The van der Waals surface area contributed by atoms with E-state index in [4.69, 9.17) is 10.9 Å². The molecule has 2 rings (SSSR count). The van der Waals surface area contributed by atoms with Crippen molar-refractivity contribution in [2.24, 2.45) is 10.9 Å². The van der Waals surface area contributed by atoms with Crippen molar-refractivity contribution in [1.82, 2.24) is 4.90 Å². The minimum absolute atomic E-state index is 0.174. The number of likely N-dealkylation sites (N-methyl/N-ethyl adjacent to an activating group) is 1. The molecule has 1 aromatic carbocycles. The second-order valence-electron chi connectivity index (χ2n) is 5.37. The second-order valence-corrected chi connectivity index (χ2v) is 5.37. The lowest BCUT2D eigenvalue weighted by atomic mass is 10.1. The molecule has 1 aromatic rings.